The third-order valence-electron chi connectivity index (χ3n) is 3.49. The van der Waals surface area contributed by atoms with Crippen molar-refractivity contribution in [1.82, 2.24) is 5.32 Å². The minimum absolute atomic E-state index is 0.839. The molecule has 2 rings (SSSR count). The Morgan fingerprint density at radius 1 is 1.31 bits per heavy atom. The summed E-state index contributed by atoms with van der Waals surface area (Å²) in [6.45, 7) is 3.60. The molecule has 76 valence electrons. The van der Waals surface area contributed by atoms with Crippen LogP contribution in [0.3, 0.4) is 0 Å². The van der Waals surface area contributed by atoms with Gasteiger partial charge in [-0.25, -0.2) is 0 Å². The predicted molar refractivity (Wildman–Crippen MR) is 60.3 cm³/mol. The number of rotatable bonds is 2. The third kappa shape index (κ3) is 2.21. The van der Waals surface area contributed by atoms with Crippen LogP contribution >= 0.6 is 11.8 Å². The summed E-state index contributed by atoms with van der Waals surface area (Å²) in [5.74, 6) is 2.38. The summed E-state index contributed by atoms with van der Waals surface area (Å²) in [6.07, 6.45) is 7.15. The van der Waals surface area contributed by atoms with Crippen molar-refractivity contribution in [3.05, 3.63) is 0 Å². The fraction of sp³-hybridized carbons (Fsp3) is 1.00. The third-order valence-corrected chi connectivity index (χ3v) is 5.07. The number of nitrogens with one attached hydrogen (secondary N) is 1. The van der Waals surface area contributed by atoms with E-state index in [-0.39, 0.29) is 0 Å². The minimum Gasteiger partial charge on any atom is -0.313 e. The molecule has 1 N–H and O–H groups in total. The topological polar surface area (TPSA) is 12.0 Å². The van der Waals surface area contributed by atoms with Crippen LogP contribution in [0.2, 0.25) is 0 Å². The second-order valence-electron chi connectivity index (χ2n) is 4.34. The largest absolute Gasteiger partial charge is 0.313 e. The SMILES string of the molecule is CCC1SCCCNC1C1CCC1. The van der Waals surface area contributed by atoms with Gasteiger partial charge in [-0.05, 0) is 43.9 Å². The van der Waals surface area contributed by atoms with Crippen LogP contribution in [-0.4, -0.2) is 23.6 Å². The van der Waals surface area contributed by atoms with E-state index in [0.29, 0.717) is 0 Å². The molecule has 1 saturated carbocycles. The fourth-order valence-corrected chi connectivity index (χ4v) is 3.83. The molecule has 1 saturated heterocycles. The molecule has 2 aliphatic rings. The van der Waals surface area contributed by atoms with E-state index in [2.05, 4.69) is 24.0 Å². The molecule has 13 heavy (non-hydrogen) atoms. The van der Waals surface area contributed by atoms with Gasteiger partial charge in [0.2, 0.25) is 0 Å². The molecule has 1 nitrogen and oxygen atoms in total. The highest BCUT2D eigenvalue weighted by Gasteiger charge is 2.33. The summed E-state index contributed by atoms with van der Waals surface area (Å²) in [5, 5.41) is 4.66. The van der Waals surface area contributed by atoms with Gasteiger partial charge >= 0.3 is 0 Å². The maximum Gasteiger partial charge on any atom is 0.0214 e. The lowest BCUT2D eigenvalue weighted by Crippen LogP contribution is -2.45. The molecule has 0 spiro atoms. The van der Waals surface area contributed by atoms with Gasteiger partial charge in [0.05, 0.1) is 0 Å². The maximum absolute atomic E-state index is 3.76. The van der Waals surface area contributed by atoms with Crippen molar-refractivity contribution in [2.24, 2.45) is 5.92 Å². The van der Waals surface area contributed by atoms with E-state index < -0.39 is 0 Å². The molecule has 0 aromatic rings. The Bertz CT molecular complexity index is 156. The van der Waals surface area contributed by atoms with Crippen molar-refractivity contribution in [1.29, 1.82) is 0 Å². The van der Waals surface area contributed by atoms with Crippen molar-refractivity contribution in [3.63, 3.8) is 0 Å². The zero-order valence-electron chi connectivity index (χ0n) is 8.59. The lowest BCUT2D eigenvalue weighted by Gasteiger charge is -2.37. The van der Waals surface area contributed by atoms with Crippen LogP contribution in [-0.2, 0) is 0 Å². The van der Waals surface area contributed by atoms with Crippen molar-refractivity contribution in [2.45, 2.75) is 50.3 Å². The van der Waals surface area contributed by atoms with Gasteiger partial charge in [-0.3, -0.25) is 0 Å². The first kappa shape index (κ1) is 9.85. The van der Waals surface area contributed by atoms with Crippen molar-refractivity contribution in [2.75, 3.05) is 12.3 Å². The second-order valence-corrected chi connectivity index (χ2v) is 5.69. The zero-order chi connectivity index (χ0) is 9.10. The Hall–Kier alpha value is 0.310. The molecule has 1 heterocycles. The van der Waals surface area contributed by atoms with Crippen LogP contribution in [0, 0.1) is 5.92 Å². The van der Waals surface area contributed by atoms with E-state index in [9.17, 15) is 0 Å². The van der Waals surface area contributed by atoms with E-state index in [1.54, 1.807) is 0 Å². The minimum atomic E-state index is 0.839. The van der Waals surface area contributed by atoms with Gasteiger partial charge < -0.3 is 5.32 Å². The van der Waals surface area contributed by atoms with Gasteiger partial charge in [0.1, 0.15) is 0 Å². The quantitative estimate of drug-likeness (QED) is 0.734. The Morgan fingerprint density at radius 3 is 2.77 bits per heavy atom. The van der Waals surface area contributed by atoms with Crippen molar-refractivity contribution < 1.29 is 0 Å². The molecule has 0 aromatic carbocycles. The molecule has 0 radical (unpaired) electrons. The van der Waals surface area contributed by atoms with Crippen LogP contribution in [0.1, 0.15) is 39.0 Å². The maximum atomic E-state index is 3.76. The first-order valence-electron chi connectivity index (χ1n) is 5.77. The highest BCUT2D eigenvalue weighted by Crippen LogP contribution is 2.36. The second kappa shape index (κ2) is 4.70. The Kier molecular flexibility index (Phi) is 3.56. The summed E-state index contributed by atoms with van der Waals surface area (Å²) >= 11 is 2.21. The number of hydrogen-bond donors (Lipinski definition) is 1. The average molecular weight is 199 g/mol. The normalized spacial score (nSPS) is 36.7. The number of hydrogen-bond acceptors (Lipinski definition) is 2. The lowest BCUT2D eigenvalue weighted by atomic mass is 9.78. The van der Waals surface area contributed by atoms with E-state index in [1.807, 2.05) is 0 Å². The Balaban J connectivity index is 1.93. The molecule has 0 amide bonds. The van der Waals surface area contributed by atoms with Gasteiger partial charge in [0.15, 0.2) is 0 Å². The van der Waals surface area contributed by atoms with Gasteiger partial charge in [0, 0.05) is 11.3 Å². The molecule has 2 atom stereocenters. The van der Waals surface area contributed by atoms with Gasteiger partial charge in [-0.1, -0.05) is 13.3 Å². The van der Waals surface area contributed by atoms with Crippen LogP contribution in [0.4, 0.5) is 0 Å². The van der Waals surface area contributed by atoms with E-state index >= 15 is 0 Å². The standard InChI is InChI=1S/C11H21NS/c1-2-10-11(9-5-3-6-9)12-7-4-8-13-10/h9-12H,2-8H2,1H3. The molecule has 1 aliphatic carbocycles. The smallest absolute Gasteiger partial charge is 0.0214 e. The first-order valence-corrected chi connectivity index (χ1v) is 6.81. The van der Waals surface area contributed by atoms with Crippen LogP contribution in [0.5, 0.6) is 0 Å². The van der Waals surface area contributed by atoms with Crippen LogP contribution in [0.25, 0.3) is 0 Å². The van der Waals surface area contributed by atoms with E-state index in [4.69, 9.17) is 0 Å². The van der Waals surface area contributed by atoms with Gasteiger partial charge in [0.25, 0.3) is 0 Å². The van der Waals surface area contributed by atoms with Crippen molar-refractivity contribution >= 4 is 11.8 Å². The Morgan fingerprint density at radius 2 is 2.15 bits per heavy atom. The lowest BCUT2D eigenvalue weighted by molar-refractivity contribution is 0.225. The molecule has 0 bridgehead atoms. The Labute approximate surface area is 86.0 Å². The van der Waals surface area contributed by atoms with E-state index in [1.165, 1.54) is 44.4 Å². The molecule has 2 heteroatoms. The van der Waals surface area contributed by atoms with Crippen LogP contribution < -0.4 is 5.32 Å². The molecule has 1 aliphatic heterocycles. The number of thioether (sulfide) groups is 1. The van der Waals surface area contributed by atoms with Crippen LogP contribution in [0.15, 0.2) is 0 Å². The highest BCUT2D eigenvalue weighted by atomic mass is 32.2. The molecule has 0 aromatic heterocycles. The summed E-state index contributed by atoms with van der Waals surface area (Å²) in [7, 11) is 0. The van der Waals surface area contributed by atoms with E-state index in [0.717, 1.165) is 17.2 Å². The molecule has 2 fully saturated rings. The average Bonchev–Trinajstić information content (AvgIpc) is 2.27. The summed E-state index contributed by atoms with van der Waals surface area (Å²) in [4.78, 5) is 0. The monoisotopic (exact) mass is 199 g/mol. The zero-order valence-corrected chi connectivity index (χ0v) is 9.41. The van der Waals surface area contributed by atoms with Crippen molar-refractivity contribution in [3.8, 4) is 0 Å². The highest BCUT2D eigenvalue weighted by molar-refractivity contribution is 7.99. The summed E-state index contributed by atoms with van der Waals surface area (Å²) in [5.41, 5.74) is 0. The summed E-state index contributed by atoms with van der Waals surface area (Å²) < 4.78 is 0. The predicted octanol–water partition coefficient (Wildman–Crippen LogP) is 2.66. The molecular formula is C11H21NS. The fourth-order valence-electron chi connectivity index (χ4n) is 2.45. The summed E-state index contributed by atoms with van der Waals surface area (Å²) in [6, 6.07) is 0.839. The first-order chi connectivity index (χ1) is 6.42. The van der Waals surface area contributed by atoms with Gasteiger partial charge in [-0.15, -0.1) is 0 Å². The van der Waals surface area contributed by atoms with Gasteiger partial charge in [-0.2, -0.15) is 11.8 Å². The molecular weight excluding hydrogens is 178 g/mol. The molecule has 2 unspecified atom stereocenters.